The van der Waals surface area contributed by atoms with Gasteiger partial charge in [-0.05, 0) is 31.0 Å². The van der Waals surface area contributed by atoms with E-state index < -0.39 is 12.1 Å². The number of carbonyl (C=O) groups excluding carboxylic acids is 2. The molecule has 7 heteroatoms. The molecule has 6 nitrogen and oxygen atoms in total. The zero-order valence-electron chi connectivity index (χ0n) is 17.1. The molecule has 3 aromatic rings. The number of thiazole rings is 1. The van der Waals surface area contributed by atoms with Gasteiger partial charge in [-0.1, -0.05) is 37.3 Å². The minimum Gasteiger partial charge on any atom is -0.452 e. The lowest BCUT2D eigenvalue weighted by atomic mass is 9.96. The Morgan fingerprint density at radius 2 is 1.97 bits per heavy atom. The maximum absolute atomic E-state index is 12.4. The Labute approximate surface area is 180 Å². The van der Waals surface area contributed by atoms with Crippen molar-refractivity contribution in [1.29, 1.82) is 0 Å². The van der Waals surface area contributed by atoms with Crippen molar-refractivity contribution in [1.82, 2.24) is 15.3 Å². The molecule has 0 aliphatic carbocycles. The molecule has 30 heavy (non-hydrogen) atoms. The van der Waals surface area contributed by atoms with E-state index in [1.54, 1.807) is 19.3 Å². The number of nitrogens with zero attached hydrogens (tertiary/aromatic N) is 2. The van der Waals surface area contributed by atoms with Gasteiger partial charge in [0, 0.05) is 35.8 Å². The van der Waals surface area contributed by atoms with Crippen LogP contribution in [0.3, 0.4) is 0 Å². The van der Waals surface area contributed by atoms with Crippen molar-refractivity contribution in [2.45, 2.75) is 38.7 Å². The van der Waals surface area contributed by atoms with Crippen LogP contribution in [0.5, 0.6) is 0 Å². The van der Waals surface area contributed by atoms with Crippen molar-refractivity contribution in [3.05, 3.63) is 71.5 Å². The molecule has 2 atom stereocenters. The SMILES string of the molecule is CC[C@@H](CNC(=O)[C@H](C)OC(=O)Cc1csc(-c2cccnc2)n1)c1ccccc1. The lowest BCUT2D eigenvalue weighted by molar-refractivity contribution is -0.154. The highest BCUT2D eigenvalue weighted by Gasteiger charge is 2.20. The van der Waals surface area contributed by atoms with E-state index in [1.807, 2.05) is 35.7 Å². The number of hydrogen-bond donors (Lipinski definition) is 1. The molecule has 0 spiro atoms. The van der Waals surface area contributed by atoms with Gasteiger partial charge in [0.1, 0.15) is 5.01 Å². The smallest absolute Gasteiger partial charge is 0.312 e. The Bertz CT molecular complexity index is 960. The van der Waals surface area contributed by atoms with Gasteiger partial charge in [0.05, 0.1) is 12.1 Å². The van der Waals surface area contributed by atoms with Gasteiger partial charge in [0.15, 0.2) is 6.10 Å². The predicted molar refractivity (Wildman–Crippen MR) is 117 cm³/mol. The standard InChI is InChI=1S/C23H25N3O3S/c1-3-17(18-8-5-4-6-9-18)14-25-22(28)16(2)29-21(27)12-20-15-30-23(26-20)19-10-7-11-24-13-19/h4-11,13,15-17H,3,12,14H2,1-2H3,(H,25,28)/t16-,17-/m0/s1. The lowest BCUT2D eigenvalue weighted by Crippen LogP contribution is -2.38. The largest absolute Gasteiger partial charge is 0.452 e. The summed E-state index contributed by atoms with van der Waals surface area (Å²) in [6, 6.07) is 13.8. The minimum absolute atomic E-state index is 0.0238. The molecular formula is C23H25N3O3S. The molecule has 1 amide bonds. The van der Waals surface area contributed by atoms with E-state index >= 15 is 0 Å². The second-order valence-corrected chi connectivity index (χ2v) is 7.81. The average Bonchev–Trinajstić information content (AvgIpc) is 3.23. The molecule has 0 aliphatic heterocycles. The van der Waals surface area contributed by atoms with E-state index in [4.69, 9.17) is 4.74 Å². The summed E-state index contributed by atoms with van der Waals surface area (Å²) in [6.45, 7) is 4.17. The van der Waals surface area contributed by atoms with E-state index in [0.29, 0.717) is 12.2 Å². The number of hydrogen-bond acceptors (Lipinski definition) is 6. The average molecular weight is 424 g/mol. The third-order valence-corrected chi connectivity index (χ3v) is 5.69. The molecule has 0 radical (unpaired) electrons. The topological polar surface area (TPSA) is 81.2 Å². The van der Waals surface area contributed by atoms with Crippen LogP contribution in [0.4, 0.5) is 0 Å². The van der Waals surface area contributed by atoms with Crippen LogP contribution in [0, 0.1) is 0 Å². The van der Waals surface area contributed by atoms with Crippen LogP contribution in [0.2, 0.25) is 0 Å². The fourth-order valence-electron chi connectivity index (χ4n) is 3.04. The summed E-state index contributed by atoms with van der Waals surface area (Å²) in [7, 11) is 0. The number of ether oxygens (including phenoxy) is 1. The number of carbonyl (C=O) groups is 2. The molecule has 0 fully saturated rings. The van der Waals surface area contributed by atoms with Crippen molar-refractivity contribution in [2.24, 2.45) is 0 Å². The van der Waals surface area contributed by atoms with E-state index in [9.17, 15) is 9.59 Å². The highest BCUT2D eigenvalue weighted by atomic mass is 32.1. The molecule has 0 saturated carbocycles. The third kappa shape index (κ3) is 5.97. The Balaban J connectivity index is 1.48. The first-order valence-electron chi connectivity index (χ1n) is 9.93. The van der Waals surface area contributed by atoms with Gasteiger partial charge in [-0.25, -0.2) is 4.98 Å². The van der Waals surface area contributed by atoms with Crippen LogP contribution in [0.1, 0.15) is 37.4 Å². The Kier molecular flexibility index (Phi) is 7.68. The van der Waals surface area contributed by atoms with Gasteiger partial charge >= 0.3 is 5.97 Å². The van der Waals surface area contributed by atoms with Crippen LogP contribution >= 0.6 is 11.3 Å². The number of amides is 1. The molecule has 1 aromatic carbocycles. The van der Waals surface area contributed by atoms with Crippen LogP contribution in [0.25, 0.3) is 10.6 Å². The van der Waals surface area contributed by atoms with Crippen LogP contribution < -0.4 is 5.32 Å². The van der Waals surface area contributed by atoms with Gasteiger partial charge in [-0.2, -0.15) is 0 Å². The molecule has 0 bridgehead atoms. The fraction of sp³-hybridized carbons (Fsp3) is 0.304. The van der Waals surface area contributed by atoms with Crippen molar-refractivity contribution >= 4 is 23.2 Å². The quantitative estimate of drug-likeness (QED) is 0.526. The fourth-order valence-corrected chi connectivity index (χ4v) is 3.85. The molecule has 3 rings (SSSR count). The first-order valence-corrected chi connectivity index (χ1v) is 10.8. The summed E-state index contributed by atoms with van der Waals surface area (Å²) in [5.74, 6) is -0.554. The number of nitrogens with one attached hydrogen (secondary N) is 1. The molecule has 2 aromatic heterocycles. The summed E-state index contributed by atoms with van der Waals surface area (Å²) in [5, 5.41) is 5.50. The van der Waals surface area contributed by atoms with E-state index in [1.165, 1.54) is 16.9 Å². The van der Waals surface area contributed by atoms with Gasteiger partial charge in [-0.15, -0.1) is 11.3 Å². The molecular weight excluding hydrogens is 398 g/mol. The summed E-state index contributed by atoms with van der Waals surface area (Å²) in [6.07, 6.45) is 3.50. The molecule has 156 valence electrons. The Morgan fingerprint density at radius 3 is 2.67 bits per heavy atom. The predicted octanol–water partition coefficient (Wildman–Crippen LogP) is 3.99. The Morgan fingerprint density at radius 1 is 1.17 bits per heavy atom. The van der Waals surface area contributed by atoms with Crippen LogP contribution in [-0.4, -0.2) is 34.5 Å². The zero-order valence-corrected chi connectivity index (χ0v) is 17.9. The maximum atomic E-state index is 12.4. The molecule has 2 heterocycles. The highest BCUT2D eigenvalue weighted by molar-refractivity contribution is 7.13. The maximum Gasteiger partial charge on any atom is 0.312 e. The van der Waals surface area contributed by atoms with Gasteiger partial charge in [0.25, 0.3) is 5.91 Å². The molecule has 1 N–H and O–H groups in total. The van der Waals surface area contributed by atoms with E-state index in [0.717, 1.165) is 17.0 Å². The molecule has 0 saturated heterocycles. The summed E-state index contributed by atoms with van der Waals surface area (Å²) in [4.78, 5) is 33.1. The summed E-state index contributed by atoms with van der Waals surface area (Å²) in [5.41, 5.74) is 2.70. The number of esters is 1. The number of pyridine rings is 1. The van der Waals surface area contributed by atoms with Crippen molar-refractivity contribution in [2.75, 3.05) is 6.54 Å². The lowest BCUT2D eigenvalue weighted by Gasteiger charge is -2.18. The third-order valence-electron chi connectivity index (χ3n) is 4.75. The van der Waals surface area contributed by atoms with E-state index in [-0.39, 0.29) is 18.2 Å². The normalized spacial score (nSPS) is 12.7. The van der Waals surface area contributed by atoms with Gasteiger partial charge in [-0.3, -0.25) is 14.6 Å². The van der Waals surface area contributed by atoms with Crippen molar-refractivity contribution in [3.63, 3.8) is 0 Å². The first kappa shape index (κ1) is 21.6. The van der Waals surface area contributed by atoms with E-state index in [2.05, 4.69) is 34.3 Å². The number of aromatic nitrogens is 2. The molecule has 0 unspecified atom stereocenters. The van der Waals surface area contributed by atoms with Gasteiger partial charge in [0.2, 0.25) is 0 Å². The number of benzene rings is 1. The van der Waals surface area contributed by atoms with Crippen molar-refractivity contribution < 1.29 is 14.3 Å². The first-order chi connectivity index (χ1) is 14.6. The Hall–Kier alpha value is -3.06. The second kappa shape index (κ2) is 10.6. The van der Waals surface area contributed by atoms with Gasteiger partial charge < -0.3 is 10.1 Å². The summed E-state index contributed by atoms with van der Waals surface area (Å²) < 4.78 is 5.30. The zero-order chi connectivity index (χ0) is 21.3. The summed E-state index contributed by atoms with van der Waals surface area (Å²) >= 11 is 1.44. The monoisotopic (exact) mass is 423 g/mol. The van der Waals surface area contributed by atoms with Crippen molar-refractivity contribution in [3.8, 4) is 10.6 Å². The van der Waals surface area contributed by atoms with Crippen LogP contribution in [0.15, 0.2) is 60.2 Å². The highest BCUT2D eigenvalue weighted by Crippen LogP contribution is 2.23. The number of rotatable bonds is 9. The second-order valence-electron chi connectivity index (χ2n) is 6.96. The minimum atomic E-state index is -0.859. The molecule has 0 aliphatic rings. The van der Waals surface area contributed by atoms with Crippen LogP contribution in [-0.2, 0) is 20.7 Å².